The number of hydrogen-bond acceptors (Lipinski definition) is 4. The highest BCUT2D eigenvalue weighted by molar-refractivity contribution is 7.07. The van der Waals surface area contributed by atoms with Gasteiger partial charge in [0, 0.05) is 11.1 Å². The maximum Gasteiger partial charge on any atom is 0.307 e. The van der Waals surface area contributed by atoms with Gasteiger partial charge in [0.1, 0.15) is 6.54 Å². The summed E-state index contributed by atoms with van der Waals surface area (Å²) in [6.07, 6.45) is 1.62. The molecule has 1 aliphatic carbocycles. The Labute approximate surface area is 96.7 Å². The number of aromatic nitrogens is 1. The summed E-state index contributed by atoms with van der Waals surface area (Å²) in [5.74, 6) is -0.213. The molecule has 0 spiro atoms. The molecule has 5 nitrogen and oxygen atoms in total. The summed E-state index contributed by atoms with van der Waals surface area (Å²) in [4.78, 5) is 22.9. The van der Waals surface area contributed by atoms with Crippen molar-refractivity contribution in [3.8, 4) is 0 Å². The Kier molecular flexibility index (Phi) is 2.86. The Morgan fingerprint density at radius 1 is 1.69 bits per heavy atom. The van der Waals surface area contributed by atoms with Gasteiger partial charge < -0.3 is 10.4 Å². The first kappa shape index (κ1) is 11.3. The van der Waals surface area contributed by atoms with Gasteiger partial charge in [-0.15, -0.1) is 0 Å². The lowest BCUT2D eigenvalue weighted by atomic mass is 10.3. The van der Waals surface area contributed by atoms with Gasteiger partial charge in [0.2, 0.25) is 5.91 Å². The molecule has 2 rings (SSSR count). The van der Waals surface area contributed by atoms with Crippen molar-refractivity contribution in [2.24, 2.45) is 0 Å². The van der Waals surface area contributed by atoms with E-state index >= 15 is 0 Å². The maximum absolute atomic E-state index is 11.7. The molecule has 1 aliphatic rings. The van der Waals surface area contributed by atoms with E-state index in [4.69, 9.17) is 5.11 Å². The highest BCUT2D eigenvalue weighted by Gasteiger charge is 2.43. The molecule has 2 N–H and O–H groups in total. The van der Waals surface area contributed by atoms with E-state index in [0.29, 0.717) is 0 Å². The van der Waals surface area contributed by atoms with Crippen molar-refractivity contribution in [2.75, 3.05) is 6.61 Å². The summed E-state index contributed by atoms with van der Waals surface area (Å²) in [5.41, 5.74) is 0.379. The minimum Gasteiger partial charge on any atom is -0.394 e. The molecule has 16 heavy (non-hydrogen) atoms. The molecule has 1 amide bonds. The topological polar surface area (TPSA) is 71.3 Å². The van der Waals surface area contributed by atoms with Crippen LogP contribution in [0.2, 0.25) is 0 Å². The maximum atomic E-state index is 11.7. The lowest BCUT2D eigenvalue weighted by molar-refractivity contribution is -0.123. The number of aliphatic hydroxyl groups is 1. The lowest BCUT2D eigenvalue weighted by Gasteiger charge is -2.14. The van der Waals surface area contributed by atoms with Crippen LogP contribution >= 0.6 is 11.3 Å². The Morgan fingerprint density at radius 2 is 2.38 bits per heavy atom. The van der Waals surface area contributed by atoms with Crippen LogP contribution in [0, 0.1) is 6.92 Å². The predicted octanol–water partition coefficient (Wildman–Crippen LogP) is -0.141. The van der Waals surface area contributed by atoms with Crippen molar-refractivity contribution in [2.45, 2.75) is 31.8 Å². The van der Waals surface area contributed by atoms with Crippen LogP contribution in [0.1, 0.15) is 18.5 Å². The van der Waals surface area contributed by atoms with E-state index in [-0.39, 0.29) is 23.9 Å². The Morgan fingerprint density at radius 3 is 2.81 bits per heavy atom. The average Bonchev–Trinajstić information content (AvgIpc) is 2.96. The molecule has 1 saturated carbocycles. The molecule has 0 aromatic carbocycles. The fourth-order valence-electron chi connectivity index (χ4n) is 1.55. The number of aliphatic hydroxyl groups excluding tert-OH is 1. The van der Waals surface area contributed by atoms with Gasteiger partial charge in [-0.2, -0.15) is 0 Å². The zero-order valence-corrected chi connectivity index (χ0v) is 9.84. The van der Waals surface area contributed by atoms with Crippen LogP contribution in [0.4, 0.5) is 0 Å². The van der Waals surface area contributed by atoms with Gasteiger partial charge in [0.15, 0.2) is 0 Å². The standard InChI is InChI=1S/C10H14N2O3S/c1-7-5-16-9(15)12(7)4-8(14)11-10(6-13)2-3-10/h5,13H,2-4,6H2,1H3,(H,11,14). The Balaban J connectivity index is 2.00. The van der Waals surface area contributed by atoms with Crippen LogP contribution in [-0.2, 0) is 11.3 Å². The predicted molar refractivity (Wildman–Crippen MR) is 60.5 cm³/mol. The minimum absolute atomic E-state index is 0.0315. The highest BCUT2D eigenvalue weighted by atomic mass is 32.1. The quantitative estimate of drug-likeness (QED) is 0.772. The van der Waals surface area contributed by atoms with Gasteiger partial charge in [-0.1, -0.05) is 11.3 Å². The smallest absolute Gasteiger partial charge is 0.307 e. The average molecular weight is 242 g/mol. The minimum atomic E-state index is -0.412. The summed E-state index contributed by atoms with van der Waals surface area (Å²) < 4.78 is 1.44. The molecule has 0 saturated heterocycles. The van der Waals surface area contributed by atoms with Crippen LogP contribution in [-0.4, -0.2) is 27.7 Å². The van der Waals surface area contributed by atoms with Gasteiger partial charge >= 0.3 is 4.87 Å². The number of rotatable bonds is 4. The fraction of sp³-hybridized carbons (Fsp3) is 0.600. The van der Waals surface area contributed by atoms with Crippen molar-refractivity contribution in [1.29, 1.82) is 0 Å². The number of carbonyl (C=O) groups excluding carboxylic acids is 1. The number of nitrogens with zero attached hydrogens (tertiary/aromatic N) is 1. The first-order chi connectivity index (χ1) is 7.56. The first-order valence-electron chi connectivity index (χ1n) is 5.13. The second-order valence-corrected chi connectivity index (χ2v) is 5.04. The molecule has 88 valence electrons. The number of carbonyl (C=O) groups is 1. The molecular weight excluding hydrogens is 228 g/mol. The molecule has 0 aliphatic heterocycles. The lowest BCUT2D eigenvalue weighted by Crippen LogP contribution is -2.42. The first-order valence-corrected chi connectivity index (χ1v) is 6.01. The van der Waals surface area contributed by atoms with Crippen LogP contribution in [0.25, 0.3) is 0 Å². The van der Waals surface area contributed by atoms with Crippen LogP contribution in [0.15, 0.2) is 10.2 Å². The van der Waals surface area contributed by atoms with E-state index in [1.165, 1.54) is 4.57 Å². The highest BCUT2D eigenvalue weighted by Crippen LogP contribution is 2.34. The van der Waals surface area contributed by atoms with Gasteiger partial charge in [0.25, 0.3) is 0 Å². The number of hydrogen-bond donors (Lipinski definition) is 2. The van der Waals surface area contributed by atoms with E-state index in [1.807, 2.05) is 0 Å². The summed E-state index contributed by atoms with van der Waals surface area (Å²) in [7, 11) is 0. The van der Waals surface area contributed by atoms with Crippen LogP contribution in [0.5, 0.6) is 0 Å². The van der Waals surface area contributed by atoms with Gasteiger partial charge in [0.05, 0.1) is 12.1 Å². The molecule has 0 unspecified atom stereocenters. The third kappa shape index (κ3) is 2.17. The van der Waals surface area contributed by atoms with Crippen LogP contribution < -0.4 is 10.2 Å². The summed E-state index contributed by atoms with van der Waals surface area (Å²) >= 11 is 1.09. The van der Waals surface area contributed by atoms with Crippen molar-refractivity contribution < 1.29 is 9.90 Å². The fourth-order valence-corrected chi connectivity index (χ4v) is 2.28. The molecule has 0 atom stereocenters. The Hall–Kier alpha value is -1.14. The summed E-state index contributed by atoms with van der Waals surface area (Å²) in [6, 6.07) is 0. The van der Waals surface area contributed by atoms with Crippen LogP contribution in [0.3, 0.4) is 0 Å². The summed E-state index contributed by atoms with van der Waals surface area (Å²) in [5, 5.41) is 13.6. The van der Waals surface area contributed by atoms with Crippen molar-refractivity contribution >= 4 is 17.2 Å². The number of thiazole rings is 1. The van der Waals surface area contributed by atoms with Crippen molar-refractivity contribution in [3.05, 3.63) is 20.7 Å². The third-order valence-electron chi connectivity index (χ3n) is 2.84. The van der Waals surface area contributed by atoms with Gasteiger partial charge in [-0.3, -0.25) is 14.2 Å². The Bertz CT molecular complexity index is 459. The molecule has 6 heteroatoms. The zero-order valence-electron chi connectivity index (χ0n) is 9.02. The van der Waals surface area contributed by atoms with E-state index in [2.05, 4.69) is 5.32 Å². The van der Waals surface area contributed by atoms with Crippen molar-refractivity contribution in [3.63, 3.8) is 0 Å². The molecule has 0 radical (unpaired) electrons. The molecular formula is C10H14N2O3S. The second-order valence-electron chi connectivity index (χ2n) is 4.22. The van der Waals surface area contributed by atoms with E-state index < -0.39 is 5.54 Å². The second kappa shape index (κ2) is 4.03. The normalized spacial score (nSPS) is 17.1. The molecule has 1 heterocycles. The zero-order chi connectivity index (χ0) is 11.8. The van der Waals surface area contributed by atoms with Gasteiger partial charge in [-0.05, 0) is 19.8 Å². The summed E-state index contributed by atoms with van der Waals surface area (Å²) in [6.45, 7) is 1.80. The van der Waals surface area contributed by atoms with E-state index in [9.17, 15) is 9.59 Å². The molecule has 1 fully saturated rings. The number of aryl methyl sites for hydroxylation is 1. The monoisotopic (exact) mass is 242 g/mol. The third-order valence-corrected chi connectivity index (χ3v) is 3.72. The van der Waals surface area contributed by atoms with E-state index in [0.717, 1.165) is 29.9 Å². The number of amides is 1. The largest absolute Gasteiger partial charge is 0.394 e. The molecule has 0 bridgehead atoms. The van der Waals surface area contributed by atoms with Crippen molar-refractivity contribution in [1.82, 2.24) is 9.88 Å². The molecule has 1 aromatic rings. The van der Waals surface area contributed by atoms with Gasteiger partial charge in [-0.25, -0.2) is 0 Å². The SMILES string of the molecule is Cc1csc(=O)n1CC(=O)NC1(CO)CC1. The number of nitrogens with one attached hydrogen (secondary N) is 1. The molecule has 1 aromatic heterocycles. The van der Waals surface area contributed by atoms with E-state index in [1.54, 1.807) is 12.3 Å².